The number of ketones is 1. The topological polar surface area (TPSA) is 88.2 Å². The van der Waals surface area contributed by atoms with E-state index in [4.69, 9.17) is 9.47 Å². The Balaban J connectivity index is 1.58. The van der Waals surface area contributed by atoms with Gasteiger partial charge in [0, 0.05) is 19.6 Å². The van der Waals surface area contributed by atoms with Crippen molar-refractivity contribution in [3.8, 4) is 0 Å². The van der Waals surface area contributed by atoms with Crippen LogP contribution in [0.2, 0.25) is 0 Å². The number of ether oxygens (including phenoxy) is 2. The second-order valence-electron chi connectivity index (χ2n) is 8.52. The molecule has 2 amide bonds. The molecule has 8 heteroatoms. The van der Waals surface area contributed by atoms with E-state index in [1.807, 2.05) is 4.90 Å². The highest BCUT2D eigenvalue weighted by atomic mass is 16.5. The molecule has 4 fully saturated rings. The molecule has 8 nitrogen and oxygen atoms in total. The molecule has 4 aliphatic rings. The molecule has 156 valence electrons. The molecule has 0 spiro atoms. The van der Waals surface area contributed by atoms with E-state index in [2.05, 4.69) is 5.32 Å². The van der Waals surface area contributed by atoms with Crippen LogP contribution < -0.4 is 5.32 Å². The van der Waals surface area contributed by atoms with Crippen molar-refractivity contribution >= 4 is 18.1 Å². The maximum Gasteiger partial charge on any atom is 0.319 e. The average Bonchev–Trinajstić information content (AvgIpc) is 3.32. The summed E-state index contributed by atoms with van der Waals surface area (Å²) in [4.78, 5) is 41.7. The zero-order valence-electron chi connectivity index (χ0n) is 16.4. The summed E-state index contributed by atoms with van der Waals surface area (Å²) >= 11 is 0. The van der Waals surface area contributed by atoms with Gasteiger partial charge in [-0.2, -0.15) is 0 Å². The monoisotopic (exact) mass is 393 g/mol. The first kappa shape index (κ1) is 19.8. The van der Waals surface area contributed by atoms with E-state index in [0.717, 1.165) is 32.0 Å². The molecule has 1 aliphatic carbocycles. The van der Waals surface area contributed by atoms with Crippen molar-refractivity contribution in [2.75, 3.05) is 39.5 Å². The third-order valence-electron chi connectivity index (χ3n) is 6.77. The van der Waals surface area contributed by atoms with Crippen molar-refractivity contribution in [1.29, 1.82) is 0 Å². The number of Topliss-reactive ketones (excluding diaryl/α,β-unsaturated/α-hetero) is 1. The van der Waals surface area contributed by atoms with Crippen LogP contribution in [-0.2, 0) is 19.1 Å². The lowest BCUT2D eigenvalue weighted by molar-refractivity contribution is -0.129. The number of likely N-dealkylation sites (tertiary alicyclic amines) is 1. The SMILES string of the molecule is O=CC(CC1CCCCC1)(NC(=O)N1CCOCC1)N1CCC2OCC(=O)C21. The van der Waals surface area contributed by atoms with Gasteiger partial charge in [-0.05, 0) is 18.8 Å². The van der Waals surface area contributed by atoms with Gasteiger partial charge in [0.1, 0.15) is 6.61 Å². The third kappa shape index (κ3) is 3.82. The molecule has 4 rings (SSSR count). The largest absolute Gasteiger partial charge is 0.378 e. The summed E-state index contributed by atoms with van der Waals surface area (Å²) in [7, 11) is 0. The first-order chi connectivity index (χ1) is 13.6. The van der Waals surface area contributed by atoms with E-state index in [1.165, 1.54) is 6.42 Å². The molecule has 0 aromatic rings. The number of morpholine rings is 1. The van der Waals surface area contributed by atoms with Crippen molar-refractivity contribution in [3.63, 3.8) is 0 Å². The van der Waals surface area contributed by atoms with E-state index in [0.29, 0.717) is 51.6 Å². The van der Waals surface area contributed by atoms with Crippen LogP contribution in [0.3, 0.4) is 0 Å². The van der Waals surface area contributed by atoms with Crippen molar-refractivity contribution in [1.82, 2.24) is 15.1 Å². The van der Waals surface area contributed by atoms with Crippen molar-refractivity contribution in [2.45, 2.75) is 62.8 Å². The van der Waals surface area contributed by atoms with Gasteiger partial charge < -0.3 is 19.7 Å². The Hall–Kier alpha value is -1.51. The van der Waals surface area contributed by atoms with Gasteiger partial charge >= 0.3 is 6.03 Å². The minimum atomic E-state index is -1.15. The molecule has 1 N–H and O–H groups in total. The number of urea groups is 1. The first-order valence-corrected chi connectivity index (χ1v) is 10.7. The van der Waals surface area contributed by atoms with Crippen LogP contribution in [0, 0.1) is 5.92 Å². The molecule has 3 atom stereocenters. The van der Waals surface area contributed by atoms with Crippen LogP contribution in [0.25, 0.3) is 0 Å². The highest BCUT2D eigenvalue weighted by molar-refractivity contribution is 5.89. The molecular weight excluding hydrogens is 362 g/mol. The Labute approximate surface area is 165 Å². The molecule has 1 saturated carbocycles. The van der Waals surface area contributed by atoms with E-state index in [1.54, 1.807) is 4.90 Å². The molecule has 3 saturated heterocycles. The summed E-state index contributed by atoms with van der Waals surface area (Å²) in [6, 6.07) is -0.681. The number of hydrogen-bond donors (Lipinski definition) is 1. The number of rotatable bonds is 5. The van der Waals surface area contributed by atoms with Gasteiger partial charge in [0.15, 0.2) is 17.7 Å². The van der Waals surface area contributed by atoms with Crippen LogP contribution in [0.4, 0.5) is 4.79 Å². The fourth-order valence-corrected chi connectivity index (χ4v) is 5.29. The van der Waals surface area contributed by atoms with Gasteiger partial charge in [0.25, 0.3) is 0 Å². The van der Waals surface area contributed by atoms with E-state index >= 15 is 0 Å². The number of nitrogens with zero attached hydrogens (tertiary/aromatic N) is 2. The lowest BCUT2D eigenvalue weighted by atomic mass is 9.82. The van der Waals surface area contributed by atoms with E-state index in [-0.39, 0.29) is 24.5 Å². The predicted octanol–water partition coefficient (Wildman–Crippen LogP) is 0.936. The second kappa shape index (κ2) is 8.47. The van der Waals surface area contributed by atoms with E-state index in [9.17, 15) is 14.4 Å². The Morgan fingerprint density at radius 3 is 2.61 bits per heavy atom. The summed E-state index contributed by atoms with van der Waals surface area (Å²) in [5.41, 5.74) is -1.15. The van der Waals surface area contributed by atoms with Crippen LogP contribution in [0.1, 0.15) is 44.9 Å². The maximum absolute atomic E-state index is 13.0. The number of fused-ring (bicyclic) bond motifs is 1. The number of carbonyl (C=O) groups excluding carboxylic acids is 3. The van der Waals surface area contributed by atoms with Gasteiger partial charge in [-0.25, -0.2) is 4.79 Å². The Morgan fingerprint density at radius 2 is 1.89 bits per heavy atom. The summed E-state index contributed by atoms with van der Waals surface area (Å²) in [5, 5.41) is 3.05. The lowest BCUT2D eigenvalue weighted by Crippen LogP contribution is -2.67. The summed E-state index contributed by atoms with van der Waals surface area (Å²) in [6.45, 7) is 2.71. The number of aldehydes is 1. The predicted molar refractivity (Wildman–Crippen MR) is 101 cm³/mol. The van der Waals surface area contributed by atoms with E-state index < -0.39 is 11.7 Å². The standard InChI is InChI=1S/C20H31N3O5/c24-14-20(12-15-4-2-1-3-5-15,21-19(26)22-8-10-27-11-9-22)23-7-6-17-18(23)16(25)13-28-17/h14-15,17-18H,1-13H2,(H,21,26). The summed E-state index contributed by atoms with van der Waals surface area (Å²) in [5.74, 6) is 0.387. The molecule has 3 heterocycles. The highest BCUT2D eigenvalue weighted by Gasteiger charge is 2.54. The highest BCUT2D eigenvalue weighted by Crippen LogP contribution is 2.37. The zero-order valence-corrected chi connectivity index (χ0v) is 16.4. The van der Waals surface area contributed by atoms with Crippen LogP contribution in [0.5, 0.6) is 0 Å². The van der Waals surface area contributed by atoms with Gasteiger partial charge in [0.05, 0.1) is 25.4 Å². The zero-order chi connectivity index (χ0) is 19.6. The van der Waals surface area contributed by atoms with Crippen molar-refractivity contribution < 1.29 is 23.9 Å². The number of nitrogens with one attached hydrogen (secondary N) is 1. The Bertz CT molecular complexity index is 603. The van der Waals surface area contributed by atoms with Crippen molar-refractivity contribution in [3.05, 3.63) is 0 Å². The molecule has 28 heavy (non-hydrogen) atoms. The minimum Gasteiger partial charge on any atom is -0.378 e. The maximum atomic E-state index is 13.0. The quantitative estimate of drug-likeness (QED) is 0.700. The van der Waals surface area contributed by atoms with Gasteiger partial charge in [-0.3, -0.25) is 14.5 Å². The molecule has 0 aromatic carbocycles. The number of carbonyl (C=O) groups is 3. The fourth-order valence-electron chi connectivity index (χ4n) is 5.29. The summed E-state index contributed by atoms with van der Waals surface area (Å²) in [6.07, 6.45) is 7.64. The number of amides is 2. The fraction of sp³-hybridized carbons (Fsp3) is 0.850. The van der Waals surface area contributed by atoms with Gasteiger partial charge in [0.2, 0.25) is 0 Å². The number of hydrogen-bond acceptors (Lipinski definition) is 6. The van der Waals surface area contributed by atoms with Crippen LogP contribution in [0.15, 0.2) is 0 Å². The second-order valence-corrected chi connectivity index (χ2v) is 8.52. The summed E-state index contributed by atoms with van der Waals surface area (Å²) < 4.78 is 11.0. The van der Waals surface area contributed by atoms with Gasteiger partial charge in [-0.15, -0.1) is 0 Å². The normalized spacial score (nSPS) is 31.4. The Kier molecular flexibility index (Phi) is 5.99. The molecular formula is C20H31N3O5. The molecule has 0 bridgehead atoms. The molecule has 3 unspecified atom stereocenters. The molecule has 0 aromatic heterocycles. The first-order valence-electron chi connectivity index (χ1n) is 10.7. The van der Waals surface area contributed by atoms with Gasteiger partial charge in [-0.1, -0.05) is 32.1 Å². The van der Waals surface area contributed by atoms with Crippen LogP contribution in [-0.4, -0.2) is 85.2 Å². The third-order valence-corrected chi connectivity index (χ3v) is 6.77. The average molecular weight is 393 g/mol. The van der Waals surface area contributed by atoms with Crippen molar-refractivity contribution in [2.24, 2.45) is 5.92 Å². The molecule has 3 aliphatic heterocycles. The smallest absolute Gasteiger partial charge is 0.319 e. The lowest BCUT2D eigenvalue weighted by Gasteiger charge is -2.44. The minimum absolute atomic E-state index is 0.0120. The Morgan fingerprint density at radius 1 is 1.14 bits per heavy atom. The molecule has 0 radical (unpaired) electrons. The van der Waals surface area contributed by atoms with Crippen LogP contribution >= 0.6 is 0 Å².